The molecule has 2 aromatic heterocycles. The molecule has 0 unspecified atom stereocenters. The third kappa shape index (κ3) is 5.01. The zero-order valence-corrected chi connectivity index (χ0v) is 22.9. The number of Topliss-reactive ketones (excluding diaryl/α,β-unsaturated/α-hetero) is 1. The van der Waals surface area contributed by atoms with Gasteiger partial charge in [-0.25, -0.2) is 18.7 Å². The lowest BCUT2D eigenvalue weighted by atomic mass is 9.99. The molecule has 2 aliphatic rings. The number of likely N-dealkylation sites (tertiary alicyclic amines) is 1. The van der Waals surface area contributed by atoms with Gasteiger partial charge in [0.2, 0.25) is 5.91 Å². The van der Waals surface area contributed by atoms with Gasteiger partial charge in [0, 0.05) is 48.7 Å². The van der Waals surface area contributed by atoms with E-state index in [1.807, 2.05) is 12.1 Å². The molecule has 0 radical (unpaired) electrons. The van der Waals surface area contributed by atoms with Crippen LogP contribution >= 0.6 is 11.6 Å². The number of hydrogen-bond donors (Lipinski definition) is 0. The molecule has 1 amide bonds. The van der Waals surface area contributed by atoms with Crippen LogP contribution in [-0.2, 0) is 11.3 Å². The topological polar surface area (TPSA) is 106 Å². The number of fused-ring (bicyclic) bond motifs is 1. The first-order valence-corrected chi connectivity index (χ1v) is 13.4. The first-order valence-electron chi connectivity index (χ1n) is 13.0. The molecule has 0 aliphatic carbocycles. The molecular weight excluding hydrogens is 552 g/mol. The second-order valence-electron chi connectivity index (χ2n) is 10.1. The number of halogens is 3. The van der Waals surface area contributed by atoms with E-state index in [2.05, 4.69) is 25.3 Å². The van der Waals surface area contributed by atoms with Gasteiger partial charge in [-0.05, 0) is 30.7 Å². The number of ketones is 1. The molecule has 0 saturated carbocycles. The molecule has 2 atom stereocenters. The summed E-state index contributed by atoms with van der Waals surface area (Å²) in [5, 5.41) is 13.3. The summed E-state index contributed by atoms with van der Waals surface area (Å²) in [5.74, 6) is -0.586. The van der Waals surface area contributed by atoms with Gasteiger partial charge in [-0.1, -0.05) is 29.8 Å². The summed E-state index contributed by atoms with van der Waals surface area (Å²) in [4.78, 5) is 35.9. The Morgan fingerprint density at radius 2 is 1.88 bits per heavy atom. The van der Waals surface area contributed by atoms with Crippen LogP contribution in [0.15, 0.2) is 59.0 Å². The maximum Gasteiger partial charge on any atom is 0.244 e. The van der Waals surface area contributed by atoms with Crippen LogP contribution in [0.5, 0.6) is 0 Å². The molecule has 1 fully saturated rings. The van der Waals surface area contributed by atoms with Crippen LogP contribution in [0.2, 0.25) is 5.02 Å². The fourth-order valence-corrected chi connectivity index (χ4v) is 5.48. The monoisotopic (exact) mass is 575 g/mol. The van der Waals surface area contributed by atoms with Gasteiger partial charge < -0.3 is 4.90 Å². The summed E-state index contributed by atoms with van der Waals surface area (Å²) in [6, 6.07) is 9.44. The van der Waals surface area contributed by atoms with E-state index in [0.717, 1.165) is 11.1 Å². The van der Waals surface area contributed by atoms with E-state index in [4.69, 9.17) is 11.6 Å². The Morgan fingerprint density at radius 3 is 2.63 bits per heavy atom. The second-order valence-corrected chi connectivity index (χ2v) is 10.5. The first kappa shape index (κ1) is 26.8. The fraction of sp³-hybridized carbons (Fsp3) is 0.276. The average Bonchev–Trinajstić information content (AvgIpc) is 3.68. The standard InChI is InChI=1S/C29H24ClF2N7O2/c1-15(40)29-21-8-17(18-11-33-16(2)34-12-18)6-7-25(21)39(37-29)14-27(41)38-13-19(31)9-26(38)24-10-23(35-36-24)20-4-3-5-22(30)28(20)32/h3-8,11-12,19,26H,9-10,13-14H2,1-2H3/t19-,26+/m1/s1. The summed E-state index contributed by atoms with van der Waals surface area (Å²) in [5.41, 5.74) is 3.47. The zero-order chi connectivity index (χ0) is 28.8. The molecule has 208 valence electrons. The molecule has 6 rings (SSSR count). The molecule has 4 heterocycles. The number of carbonyl (C=O) groups is 2. The average molecular weight is 576 g/mol. The largest absolute Gasteiger partial charge is 0.330 e. The van der Waals surface area contributed by atoms with Gasteiger partial charge in [0.05, 0.1) is 34.5 Å². The van der Waals surface area contributed by atoms with Crippen molar-refractivity contribution in [2.45, 2.75) is 45.4 Å². The Labute approximate surface area is 238 Å². The van der Waals surface area contributed by atoms with Crippen molar-refractivity contribution < 1.29 is 18.4 Å². The van der Waals surface area contributed by atoms with Crippen LogP contribution in [0.3, 0.4) is 0 Å². The van der Waals surface area contributed by atoms with Gasteiger partial charge in [-0.2, -0.15) is 15.3 Å². The Bertz CT molecular complexity index is 1770. The van der Waals surface area contributed by atoms with Crippen molar-refractivity contribution in [1.29, 1.82) is 0 Å². The Balaban J connectivity index is 1.25. The normalized spacial score (nSPS) is 18.6. The van der Waals surface area contributed by atoms with E-state index in [0.29, 0.717) is 28.2 Å². The van der Waals surface area contributed by atoms with Gasteiger partial charge >= 0.3 is 0 Å². The number of alkyl halides is 1. The fourth-order valence-electron chi connectivity index (χ4n) is 5.30. The summed E-state index contributed by atoms with van der Waals surface area (Å²) < 4.78 is 30.7. The van der Waals surface area contributed by atoms with Crippen molar-refractivity contribution in [3.8, 4) is 11.1 Å². The Morgan fingerprint density at radius 1 is 1.10 bits per heavy atom. The predicted molar refractivity (Wildman–Crippen MR) is 151 cm³/mol. The van der Waals surface area contributed by atoms with Crippen LogP contribution in [0.4, 0.5) is 8.78 Å². The van der Waals surface area contributed by atoms with Crippen molar-refractivity contribution in [1.82, 2.24) is 24.6 Å². The van der Waals surface area contributed by atoms with Gasteiger partial charge in [0.25, 0.3) is 0 Å². The van der Waals surface area contributed by atoms with Crippen molar-refractivity contribution in [3.05, 3.63) is 76.7 Å². The number of benzene rings is 2. The minimum atomic E-state index is -1.25. The zero-order valence-electron chi connectivity index (χ0n) is 22.2. The maximum atomic E-state index is 14.7. The summed E-state index contributed by atoms with van der Waals surface area (Å²) in [6.45, 7) is 2.89. The molecule has 9 nitrogen and oxygen atoms in total. The highest BCUT2D eigenvalue weighted by atomic mass is 35.5. The second kappa shape index (κ2) is 10.5. The van der Waals surface area contributed by atoms with E-state index in [9.17, 15) is 18.4 Å². The Hall–Kier alpha value is -4.38. The first-order chi connectivity index (χ1) is 19.7. The highest BCUT2D eigenvalue weighted by Crippen LogP contribution is 2.30. The minimum Gasteiger partial charge on any atom is -0.330 e. The molecule has 0 bridgehead atoms. The lowest BCUT2D eigenvalue weighted by Crippen LogP contribution is -2.42. The van der Waals surface area contributed by atoms with Gasteiger partial charge in [0.15, 0.2) is 11.6 Å². The SMILES string of the molecule is CC(=O)c1nn(CC(=O)N2C[C@H](F)C[C@H]2C2=NN=C(c3cccc(Cl)c3F)C2)c2ccc(-c3cnc(C)nc3)cc12. The van der Waals surface area contributed by atoms with E-state index in [1.54, 1.807) is 37.5 Å². The lowest BCUT2D eigenvalue weighted by molar-refractivity contribution is -0.131. The molecule has 1 saturated heterocycles. The van der Waals surface area contributed by atoms with Crippen molar-refractivity contribution >= 4 is 45.6 Å². The van der Waals surface area contributed by atoms with Crippen molar-refractivity contribution in [2.75, 3.05) is 6.54 Å². The third-order valence-corrected chi connectivity index (χ3v) is 7.64. The van der Waals surface area contributed by atoms with Crippen LogP contribution in [0.1, 0.15) is 41.6 Å². The van der Waals surface area contributed by atoms with Crippen molar-refractivity contribution in [3.63, 3.8) is 0 Å². The summed E-state index contributed by atoms with van der Waals surface area (Å²) in [7, 11) is 0. The molecule has 0 spiro atoms. The van der Waals surface area contributed by atoms with Crippen LogP contribution in [0.25, 0.3) is 22.0 Å². The van der Waals surface area contributed by atoms with Crippen molar-refractivity contribution in [2.24, 2.45) is 10.2 Å². The summed E-state index contributed by atoms with van der Waals surface area (Å²) in [6.07, 6.45) is 2.38. The molecule has 0 N–H and O–H groups in total. The predicted octanol–water partition coefficient (Wildman–Crippen LogP) is 4.98. The van der Waals surface area contributed by atoms with Gasteiger partial charge in [-0.3, -0.25) is 14.3 Å². The van der Waals surface area contributed by atoms with Crippen LogP contribution in [0, 0.1) is 12.7 Å². The number of rotatable bonds is 6. The molecule has 41 heavy (non-hydrogen) atoms. The number of carbonyl (C=O) groups excluding carboxylic acids is 2. The van der Waals surface area contributed by atoms with E-state index >= 15 is 0 Å². The van der Waals surface area contributed by atoms with Gasteiger partial charge in [-0.15, -0.1) is 0 Å². The highest BCUT2D eigenvalue weighted by Gasteiger charge is 2.40. The third-order valence-electron chi connectivity index (χ3n) is 7.35. The molecular formula is C29H24ClF2N7O2. The van der Waals surface area contributed by atoms with E-state index in [1.165, 1.54) is 22.6 Å². The van der Waals surface area contributed by atoms with Crippen LogP contribution < -0.4 is 0 Å². The molecule has 2 aliphatic heterocycles. The van der Waals surface area contributed by atoms with E-state index in [-0.39, 0.29) is 53.9 Å². The molecule has 4 aromatic rings. The highest BCUT2D eigenvalue weighted by molar-refractivity contribution is 6.31. The number of hydrogen-bond acceptors (Lipinski definition) is 7. The number of aryl methyl sites for hydroxylation is 1. The minimum absolute atomic E-state index is 0.0316. The quantitative estimate of drug-likeness (QED) is 0.301. The lowest BCUT2D eigenvalue weighted by Gasteiger charge is -2.24. The summed E-state index contributed by atoms with van der Waals surface area (Å²) >= 11 is 5.92. The number of nitrogens with zero attached hydrogens (tertiary/aromatic N) is 7. The van der Waals surface area contributed by atoms with E-state index < -0.39 is 18.0 Å². The van der Waals surface area contributed by atoms with Crippen LogP contribution in [-0.4, -0.2) is 66.5 Å². The number of amides is 1. The Kier molecular flexibility index (Phi) is 6.90. The molecule has 12 heteroatoms. The molecule has 2 aromatic carbocycles. The number of aromatic nitrogens is 4. The maximum absolute atomic E-state index is 14.7. The smallest absolute Gasteiger partial charge is 0.244 e. The van der Waals surface area contributed by atoms with Gasteiger partial charge in [0.1, 0.15) is 24.2 Å².